The Balaban J connectivity index is 1.57. The first-order valence-electron chi connectivity index (χ1n) is 10.1. The summed E-state index contributed by atoms with van der Waals surface area (Å²) in [6.45, 7) is 7.79. The molecule has 28 heavy (non-hydrogen) atoms. The Bertz CT molecular complexity index is 709. The van der Waals surface area contributed by atoms with Crippen molar-refractivity contribution in [2.24, 2.45) is 5.92 Å². The van der Waals surface area contributed by atoms with Crippen LogP contribution in [0.4, 0.5) is 0 Å². The molecule has 1 aromatic rings. The summed E-state index contributed by atoms with van der Waals surface area (Å²) in [5.74, 6) is -1.36. The lowest BCUT2D eigenvalue weighted by atomic mass is 9.85. The van der Waals surface area contributed by atoms with Crippen molar-refractivity contribution in [1.29, 1.82) is 0 Å². The zero-order valence-corrected chi connectivity index (χ0v) is 16.6. The van der Waals surface area contributed by atoms with Gasteiger partial charge in [-0.05, 0) is 63.9 Å². The predicted octanol–water partition coefficient (Wildman–Crippen LogP) is 2.70. The van der Waals surface area contributed by atoms with E-state index in [9.17, 15) is 14.7 Å². The number of nitrogens with zero attached hydrogens (tertiary/aromatic N) is 1. The Morgan fingerprint density at radius 1 is 1.14 bits per heavy atom. The number of carboxylic acid groups (broad SMARTS) is 2. The largest absolute Gasteiger partial charge is 0.490 e. The van der Waals surface area contributed by atoms with Gasteiger partial charge in [0.2, 0.25) is 0 Å². The quantitative estimate of drug-likeness (QED) is 0.628. The first-order chi connectivity index (χ1) is 13.3. The SMILES string of the molecule is CC(C)N(CC1CCNCC1)C1CC(Oc2ccc(C(=O)O)c(C(=O)O)c2)C1. The van der Waals surface area contributed by atoms with Crippen molar-refractivity contribution < 1.29 is 24.5 Å². The molecule has 0 atom stereocenters. The molecule has 0 amide bonds. The van der Waals surface area contributed by atoms with Crippen LogP contribution in [0, 0.1) is 5.92 Å². The number of hydrogen-bond donors (Lipinski definition) is 3. The number of nitrogens with one attached hydrogen (secondary N) is 1. The first kappa shape index (κ1) is 20.6. The fourth-order valence-electron chi connectivity index (χ4n) is 4.20. The van der Waals surface area contributed by atoms with E-state index in [1.54, 1.807) is 6.07 Å². The molecule has 3 rings (SSSR count). The van der Waals surface area contributed by atoms with Gasteiger partial charge in [-0.1, -0.05) is 0 Å². The fraction of sp³-hybridized carbons (Fsp3) is 0.619. The Morgan fingerprint density at radius 3 is 2.36 bits per heavy atom. The average Bonchev–Trinajstić information content (AvgIpc) is 2.63. The Morgan fingerprint density at radius 2 is 1.79 bits per heavy atom. The van der Waals surface area contributed by atoms with E-state index in [0.717, 1.165) is 38.4 Å². The van der Waals surface area contributed by atoms with Crippen molar-refractivity contribution in [3.8, 4) is 5.75 Å². The molecule has 2 fully saturated rings. The van der Waals surface area contributed by atoms with Gasteiger partial charge >= 0.3 is 11.9 Å². The number of benzene rings is 1. The monoisotopic (exact) mass is 390 g/mol. The number of carbonyl (C=O) groups is 2. The molecule has 1 aromatic carbocycles. The van der Waals surface area contributed by atoms with Gasteiger partial charge in [-0.2, -0.15) is 0 Å². The van der Waals surface area contributed by atoms with E-state index >= 15 is 0 Å². The summed E-state index contributed by atoms with van der Waals surface area (Å²) in [7, 11) is 0. The van der Waals surface area contributed by atoms with Crippen LogP contribution in [0.1, 0.15) is 60.2 Å². The highest BCUT2D eigenvalue weighted by molar-refractivity contribution is 6.01. The molecule has 2 aliphatic rings. The second kappa shape index (κ2) is 8.92. The van der Waals surface area contributed by atoms with Crippen LogP contribution < -0.4 is 10.1 Å². The number of ether oxygens (including phenoxy) is 1. The van der Waals surface area contributed by atoms with Crippen molar-refractivity contribution in [2.45, 2.75) is 57.7 Å². The highest BCUT2D eigenvalue weighted by Crippen LogP contribution is 2.33. The molecule has 1 saturated heterocycles. The van der Waals surface area contributed by atoms with Gasteiger partial charge in [-0.25, -0.2) is 9.59 Å². The van der Waals surface area contributed by atoms with Crippen LogP contribution in [0.2, 0.25) is 0 Å². The maximum absolute atomic E-state index is 11.3. The molecular formula is C21H30N2O5. The lowest BCUT2D eigenvalue weighted by molar-refractivity contribution is -0.00706. The van der Waals surface area contributed by atoms with Crippen molar-refractivity contribution >= 4 is 11.9 Å². The lowest BCUT2D eigenvalue weighted by Crippen LogP contribution is -2.53. The van der Waals surface area contributed by atoms with Crippen molar-refractivity contribution in [1.82, 2.24) is 10.2 Å². The van der Waals surface area contributed by atoms with E-state index in [-0.39, 0.29) is 17.2 Å². The van der Waals surface area contributed by atoms with E-state index in [4.69, 9.17) is 9.84 Å². The summed E-state index contributed by atoms with van der Waals surface area (Å²) in [5.41, 5.74) is -0.463. The van der Waals surface area contributed by atoms with E-state index in [1.165, 1.54) is 25.0 Å². The molecule has 154 valence electrons. The Hall–Kier alpha value is -2.12. The summed E-state index contributed by atoms with van der Waals surface area (Å²) in [5, 5.41) is 21.8. The second-order valence-corrected chi connectivity index (χ2v) is 8.17. The maximum Gasteiger partial charge on any atom is 0.336 e. The van der Waals surface area contributed by atoms with Gasteiger partial charge in [0, 0.05) is 31.5 Å². The van der Waals surface area contributed by atoms with Gasteiger partial charge in [-0.3, -0.25) is 4.90 Å². The third-order valence-electron chi connectivity index (χ3n) is 5.88. The van der Waals surface area contributed by atoms with E-state index < -0.39 is 11.9 Å². The number of piperidine rings is 1. The molecule has 7 nitrogen and oxygen atoms in total. The minimum Gasteiger partial charge on any atom is -0.490 e. The van der Waals surface area contributed by atoms with Gasteiger partial charge in [0.05, 0.1) is 11.1 Å². The van der Waals surface area contributed by atoms with Crippen LogP contribution >= 0.6 is 0 Å². The molecule has 7 heteroatoms. The third kappa shape index (κ3) is 4.83. The van der Waals surface area contributed by atoms with E-state index in [0.29, 0.717) is 17.8 Å². The molecule has 1 saturated carbocycles. The number of carboxylic acids is 2. The fourth-order valence-corrected chi connectivity index (χ4v) is 4.20. The van der Waals surface area contributed by atoms with Gasteiger partial charge in [0.1, 0.15) is 11.9 Å². The normalized spacial score (nSPS) is 22.9. The summed E-state index contributed by atoms with van der Waals surface area (Å²) in [6.07, 6.45) is 4.31. The minimum absolute atomic E-state index is 0.0385. The molecule has 1 aliphatic heterocycles. The van der Waals surface area contributed by atoms with Gasteiger partial charge in [0.15, 0.2) is 0 Å². The Labute approximate surface area is 165 Å². The molecule has 0 aromatic heterocycles. The number of aromatic carboxylic acids is 2. The van der Waals surface area contributed by atoms with Crippen LogP contribution in [0.5, 0.6) is 5.75 Å². The van der Waals surface area contributed by atoms with Crippen LogP contribution in [-0.2, 0) is 0 Å². The molecule has 0 unspecified atom stereocenters. The predicted molar refractivity (Wildman–Crippen MR) is 105 cm³/mol. The molecular weight excluding hydrogens is 360 g/mol. The zero-order valence-electron chi connectivity index (χ0n) is 16.6. The standard InChI is InChI=1S/C21H30N2O5/c1-13(2)23(12-14-5-7-22-8-6-14)15-9-17(10-15)28-16-3-4-18(20(24)25)19(11-16)21(26)27/h3-4,11,13-15,17,22H,5-10,12H2,1-2H3,(H,24,25)(H,26,27). The van der Waals surface area contributed by atoms with Crippen LogP contribution in [0.25, 0.3) is 0 Å². The summed E-state index contributed by atoms with van der Waals surface area (Å²) >= 11 is 0. The van der Waals surface area contributed by atoms with Gasteiger partial charge in [-0.15, -0.1) is 0 Å². The van der Waals surface area contributed by atoms with Crippen LogP contribution in [0.3, 0.4) is 0 Å². The first-order valence-corrected chi connectivity index (χ1v) is 10.1. The highest BCUT2D eigenvalue weighted by Gasteiger charge is 2.37. The smallest absolute Gasteiger partial charge is 0.336 e. The molecule has 3 N–H and O–H groups in total. The van der Waals surface area contributed by atoms with Gasteiger partial charge in [0.25, 0.3) is 0 Å². The Kier molecular flexibility index (Phi) is 6.57. The number of rotatable bonds is 8. The van der Waals surface area contributed by atoms with E-state index in [2.05, 4.69) is 24.1 Å². The summed E-state index contributed by atoms with van der Waals surface area (Å²) < 4.78 is 5.93. The van der Waals surface area contributed by atoms with Gasteiger partial charge < -0.3 is 20.3 Å². The third-order valence-corrected chi connectivity index (χ3v) is 5.88. The van der Waals surface area contributed by atoms with E-state index in [1.807, 2.05) is 0 Å². The molecule has 0 bridgehead atoms. The summed E-state index contributed by atoms with van der Waals surface area (Å²) in [4.78, 5) is 25.1. The molecule has 1 heterocycles. The summed E-state index contributed by atoms with van der Waals surface area (Å²) in [6, 6.07) is 5.12. The molecule has 1 aliphatic carbocycles. The zero-order chi connectivity index (χ0) is 20.3. The molecule has 0 radical (unpaired) electrons. The maximum atomic E-state index is 11.3. The number of hydrogen-bond acceptors (Lipinski definition) is 5. The average molecular weight is 390 g/mol. The van der Waals surface area contributed by atoms with Crippen LogP contribution in [0.15, 0.2) is 18.2 Å². The topological polar surface area (TPSA) is 99.1 Å². The highest BCUT2D eigenvalue weighted by atomic mass is 16.5. The second-order valence-electron chi connectivity index (χ2n) is 8.17. The molecule has 0 spiro atoms. The van der Waals surface area contributed by atoms with Crippen molar-refractivity contribution in [2.75, 3.05) is 19.6 Å². The lowest BCUT2D eigenvalue weighted by Gasteiger charge is -2.46. The van der Waals surface area contributed by atoms with Crippen molar-refractivity contribution in [3.05, 3.63) is 29.3 Å². The minimum atomic E-state index is -1.26. The van der Waals surface area contributed by atoms with Crippen LogP contribution in [-0.4, -0.2) is 64.9 Å². The van der Waals surface area contributed by atoms with Crippen molar-refractivity contribution in [3.63, 3.8) is 0 Å².